The third kappa shape index (κ3) is 2.76. The van der Waals surface area contributed by atoms with Gasteiger partial charge < -0.3 is 4.74 Å². The first-order valence-corrected chi connectivity index (χ1v) is 4.73. The number of esters is 1. The summed E-state index contributed by atoms with van der Waals surface area (Å²) in [5, 5.41) is -0.662. The molecule has 0 aliphatic carbocycles. The molecule has 1 rings (SSSR count). The third-order valence-corrected chi connectivity index (χ3v) is 1.96. The monoisotopic (exact) mass is 227 g/mol. The Kier molecular flexibility index (Phi) is 3.80. The van der Waals surface area contributed by atoms with Crippen LogP contribution in [-0.2, 0) is 4.74 Å². The number of aromatic nitrogens is 1. The van der Waals surface area contributed by atoms with Crippen LogP contribution in [0.15, 0.2) is 18.2 Å². The molecule has 0 N–H and O–H groups in total. The largest absolute Gasteiger partial charge is 0.464 e. The molecule has 1 heterocycles. The fourth-order valence-corrected chi connectivity index (χ4v) is 1.11. The molecule has 1 aromatic rings. The summed E-state index contributed by atoms with van der Waals surface area (Å²) in [6.45, 7) is 1.55. The smallest absolute Gasteiger partial charge is 0.356 e. The van der Waals surface area contributed by atoms with Gasteiger partial charge in [-0.05, 0) is 19.1 Å². The Labute approximate surface area is 92.2 Å². The van der Waals surface area contributed by atoms with Crippen LogP contribution in [-0.4, -0.2) is 29.2 Å². The molecule has 4 nitrogen and oxygen atoms in total. The molecule has 0 aliphatic heterocycles. The molecule has 0 amide bonds. The predicted octanol–water partition coefficient (Wildman–Crippen LogP) is 1.68. The van der Waals surface area contributed by atoms with Gasteiger partial charge in [-0.2, -0.15) is 0 Å². The molecule has 15 heavy (non-hydrogen) atoms. The maximum Gasteiger partial charge on any atom is 0.356 e. The molecular weight excluding hydrogens is 218 g/mol. The zero-order valence-corrected chi connectivity index (χ0v) is 9.12. The first kappa shape index (κ1) is 11.7. The van der Waals surface area contributed by atoms with Crippen LogP contribution in [0, 0.1) is 0 Å². The number of hydrogen-bond acceptors (Lipinski definition) is 4. The second-order valence-electron chi connectivity index (χ2n) is 2.88. The molecule has 0 bridgehead atoms. The van der Waals surface area contributed by atoms with Crippen molar-refractivity contribution in [3.05, 3.63) is 29.6 Å². The van der Waals surface area contributed by atoms with Gasteiger partial charge in [0.1, 0.15) is 11.4 Å². The minimum absolute atomic E-state index is 0.0978. The van der Waals surface area contributed by atoms with E-state index in [1.165, 1.54) is 19.2 Å². The number of methoxy groups -OCH3 is 1. The van der Waals surface area contributed by atoms with Crippen LogP contribution in [0.2, 0.25) is 0 Å². The maximum atomic E-state index is 11.5. The zero-order valence-electron chi connectivity index (χ0n) is 8.36. The fraction of sp³-hybridized carbons (Fsp3) is 0.300. The van der Waals surface area contributed by atoms with Crippen LogP contribution < -0.4 is 0 Å². The van der Waals surface area contributed by atoms with E-state index in [4.69, 9.17) is 11.6 Å². The summed E-state index contributed by atoms with van der Waals surface area (Å²) in [4.78, 5) is 26.4. The average Bonchev–Trinajstić information content (AvgIpc) is 2.27. The number of rotatable bonds is 3. The van der Waals surface area contributed by atoms with Crippen molar-refractivity contribution in [1.29, 1.82) is 0 Å². The topological polar surface area (TPSA) is 56.3 Å². The van der Waals surface area contributed by atoms with Crippen molar-refractivity contribution in [2.45, 2.75) is 12.3 Å². The Morgan fingerprint density at radius 1 is 1.40 bits per heavy atom. The lowest BCUT2D eigenvalue weighted by Crippen LogP contribution is -2.14. The summed E-state index contributed by atoms with van der Waals surface area (Å²) in [6.07, 6.45) is 0. The van der Waals surface area contributed by atoms with Gasteiger partial charge in [-0.15, -0.1) is 11.6 Å². The van der Waals surface area contributed by atoms with E-state index >= 15 is 0 Å². The number of ketones is 1. The van der Waals surface area contributed by atoms with Crippen molar-refractivity contribution in [3.8, 4) is 0 Å². The minimum Gasteiger partial charge on any atom is -0.464 e. The Balaban J connectivity index is 3.02. The van der Waals surface area contributed by atoms with Crippen LogP contribution in [0.1, 0.15) is 27.9 Å². The van der Waals surface area contributed by atoms with E-state index in [9.17, 15) is 9.59 Å². The first-order chi connectivity index (χ1) is 7.06. The van der Waals surface area contributed by atoms with Crippen LogP contribution in [0.5, 0.6) is 0 Å². The summed E-state index contributed by atoms with van der Waals surface area (Å²) in [7, 11) is 1.25. The van der Waals surface area contributed by atoms with Crippen LogP contribution in [0.4, 0.5) is 0 Å². The number of carbonyl (C=O) groups is 2. The van der Waals surface area contributed by atoms with Crippen molar-refractivity contribution >= 4 is 23.4 Å². The lowest BCUT2D eigenvalue weighted by Gasteiger charge is -2.03. The zero-order chi connectivity index (χ0) is 11.4. The second kappa shape index (κ2) is 4.89. The SMILES string of the molecule is COC(=O)c1cccc(C(=O)[C@H](C)Cl)n1. The van der Waals surface area contributed by atoms with Gasteiger partial charge in [-0.3, -0.25) is 4.79 Å². The summed E-state index contributed by atoms with van der Waals surface area (Å²) in [5.74, 6) is -0.894. The maximum absolute atomic E-state index is 11.5. The molecule has 80 valence electrons. The van der Waals surface area contributed by atoms with E-state index < -0.39 is 11.3 Å². The number of alkyl halides is 1. The van der Waals surface area contributed by atoms with E-state index in [1.807, 2.05) is 0 Å². The molecule has 0 fully saturated rings. The van der Waals surface area contributed by atoms with Crippen molar-refractivity contribution in [2.24, 2.45) is 0 Å². The summed E-state index contributed by atoms with van der Waals surface area (Å²) >= 11 is 5.62. The molecular formula is C10H10ClNO3. The van der Waals surface area contributed by atoms with E-state index in [1.54, 1.807) is 13.0 Å². The molecule has 0 saturated heterocycles. The average molecular weight is 228 g/mol. The van der Waals surface area contributed by atoms with Crippen molar-refractivity contribution in [3.63, 3.8) is 0 Å². The van der Waals surface area contributed by atoms with Crippen LogP contribution in [0.3, 0.4) is 0 Å². The standard InChI is InChI=1S/C10H10ClNO3/c1-6(11)9(13)7-4-3-5-8(12-7)10(14)15-2/h3-6H,1-2H3/t6-/m0/s1. The van der Waals surface area contributed by atoms with Gasteiger partial charge in [0.05, 0.1) is 12.5 Å². The highest BCUT2D eigenvalue weighted by molar-refractivity contribution is 6.33. The predicted molar refractivity (Wildman–Crippen MR) is 55.2 cm³/mol. The molecule has 0 radical (unpaired) electrons. The molecule has 0 unspecified atom stereocenters. The van der Waals surface area contributed by atoms with E-state index in [-0.39, 0.29) is 17.2 Å². The Bertz CT molecular complexity index is 390. The highest BCUT2D eigenvalue weighted by atomic mass is 35.5. The molecule has 1 aromatic heterocycles. The first-order valence-electron chi connectivity index (χ1n) is 4.30. The van der Waals surface area contributed by atoms with Crippen LogP contribution >= 0.6 is 11.6 Å². The van der Waals surface area contributed by atoms with Gasteiger partial charge in [-0.1, -0.05) is 6.07 Å². The number of Topliss-reactive ketones (excluding diaryl/α,β-unsaturated/α-hetero) is 1. The second-order valence-corrected chi connectivity index (χ2v) is 3.53. The number of nitrogens with zero attached hydrogens (tertiary/aromatic N) is 1. The number of carbonyl (C=O) groups excluding carboxylic acids is 2. The highest BCUT2D eigenvalue weighted by Crippen LogP contribution is 2.07. The van der Waals surface area contributed by atoms with E-state index in [0.717, 1.165) is 0 Å². The van der Waals surface area contributed by atoms with E-state index in [2.05, 4.69) is 9.72 Å². The van der Waals surface area contributed by atoms with Crippen molar-refractivity contribution < 1.29 is 14.3 Å². The van der Waals surface area contributed by atoms with Gasteiger partial charge in [0.15, 0.2) is 5.78 Å². The van der Waals surface area contributed by atoms with Crippen molar-refractivity contribution in [1.82, 2.24) is 4.98 Å². The summed E-state index contributed by atoms with van der Waals surface area (Å²) in [5.41, 5.74) is 0.265. The van der Waals surface area contributed by atoms with Gasteiger partial charge in [-0.25, -0.2) is 9.78 Å². The fourth-order valence-electron chi connectivity index (χ4n) is 0.994. The minimum atomic E-state index is -0.662. The van der Waals surface area contributed by atoms with Gasteiger partial charge >= 0.3 is 5.97 Å². The number of ether oxygens (including phenoxy) is 1. The lowest BCUT2D eigenvalue weighted by molar-refractivity contribution is 0.0594. The molecule has 0 aliphatic rings. The van der Waals surface area contributed by atoms with Crippen molar-refractivity contribution in [2.75, 3.05) is 7.11 Å². The van der Waals surface area contributed by atoms with Gasteiger partial charge in [0.25, 0.3) is 0 Å². The number of hydrogen-bond donors (Lipinski definition) is 0. The summed E-state index contributed by atoms with van der Waals surface area (Å²) < 4.78 is 4.49. The van der Waals surface area contributed by atoms with E-state index in [0.29, 0.717) is 0 Å². The number of pyridine rings is 1. The molecule has 0 aromatic carbocycles. The van der Waals surface area contributed by atoms with Gasteiger partial charge in [0.2, 0.25) is 0 Å². The Morgan fingerprint density at radius 2 is 2.00 bits per heavy atom. The van der Waals surface area contributed by atoms with Gasteiger partial charge in [0, 0.05) is 0 Å². The lowest BCUT2D eigenvalue weighted by atomic mass is 10.2. The Hall–Kier alpha value is -1.42. The third-order valence-electron chi connectivity index (χ3n) is 1.76. The normalized spacial score (nSPS) is 11.9. The Morgan fingerprint density at radius 3 is 2.53 bits per heavy atom. The molecule has 0 saturated carbocycles. The highest BCUT2D eigenvalue weighted by Gasteiger charge is 2.16. The quantitative estimate of drug-likeness (QED) is 0.448. The molecule has 0 spiro atoms. The molecule has 1 atom stereocenters. The summed E-state index contributed by atoms with van der Waals surface area (Å²) in [6, 6.07) is 4.54. The molecule has 5 heteroatoms. The van der Waals surface area contributed by atoms with Crippen LogP contribution in [0.25, 0.3) is 0 Å². The number of halogens is 1.